The number of hydrogen-bond donors (Lipinski definition) is 1. The minimum atomic E-state index is -0.809. The minimum absolute atomic E-state index is 0.0494. The molecule has 0 amide bonds. The van der Waals surface area contributed by atoms with E-state index in [4.69, 9.17) is 16.3 Å². The molecule has 0 aromatic heterocycles. The van der Waals surface area contributed by atoms with Crippen LogP contribution in [-0.4, -0.2) is 18.8 Å². The average Bonchev–Trinajstić information content (AvgIpc) is 2.10. The van der Waals surface area contributed by atoms with E-state index in [0.29, 0.717) is 5.56 Å². The van der Waals surface area contributed by atoms with Crippen LogP contribution in [-0.2, 0) is 4.74 Å². The SMILES string of the molecule is COCC(O)c1ccc(Cl)c(F)c1. The van der Waals surface area contributed by atoms with Crippen LogP contribution in [0, 0.1) is 5.82 Å². The highest BCUT2D eigenvalue weighted by molar-refractivity contribution is 6.30. The van der Waals surface area contributed by atoms with Crippen LogP contribution in [0.4, 0.5) is 4.39 Å². The summed E-state index contributed by atoms with van der Waals surface area (Å²) < 4.78 is 17.6. The molecular weight excluding hydrogens is 195 g/mol. The Labute approximate surface area is 80.9 Å². The predicted molar refractivity (Wildman–Crippen MR) is 48.2 cm³/mol. The lowest BCUT2D eigenvalue weighted by Crippen LogP contribution is -2.05. The van der Waals surface area contributed by atoms with Crippen LogP contribution < -0.4 is 0 Å². The van der Waals surface area contributed by atoms with Crippen molar-refractivity contribution in [3.05, 3.63) is 34.6 Å². The molecule has 1 rings (SSSR count). The molecule has 0 aliphatic rings. The van der Waals surface area contributed by atoms with Gasteiger partial charge in [0.15, 0.2) is 0 Å². The number of halogens is 2. The first-order valence-electron chi connectivity index (χ1n) is 3.77. The van der Waals surface area contributed by atoms with Gasteiger partial charge in [-0.1, -0.05) is 17.7 Å². The summed E-state index contributed by atoms with van der Waals surface area (Å²) in [6, 6.07) is 4.17. The normalized spacial score (nSPS) is 12.9. The molecule has 0 spiro atoms. The summed E-state index contributed by atoms with van der Waals surface area (Å²) in [5.74, 6) is -0.533. The Balaban J connectivity index is 2.84. The van der Waals surface area contributed by atoms with Gasteiger partial charge in [0.2, 0.25) is 0 Å². The molecule has 2 nitrogen and oxygen atoms in total. The van der Waals surface area contributed by atoms with E-state index in [1.165, 1.54) is 19.2 Å². The van der Waals surface area contributed by atoms with Gasteiger partial charge < -0.3 is 9.84 Å². The fourth-order valence-corrected chi connectivity index (χ4v) is 1.09. The minimum Gasteiger partial charge on any atom is -0.386 e. The fourth-order valence-electron chi connectivity index (χ4n) is 0.974. The summed E-state index contributed by atoms with van der Waals surface area (Å²) in [6.07, 6.45) is -0.809. The highest BCUT2D eigenvalue weighted by Gasteiger charge is 2.09. The lowest BCUT2D eigenvalue weighted by atomic mass is 10.1. The number of ether oxygens (including phenoxy) is 1. The summed E-state index contributed by atoms with van der Waals surface area (Å²) >= 11 is 5.47. The van der Waals surface area contributed by atoms with E-state index in [2.05, 4.69) is 0 Å². The zero-order chi connectivity index (χ0) is 9.84. The van der Waals surface area contributed by atoms with Gasteiger partial charge in [-0.05, 0) is 17.7 Å². The molecule has 0 fully saturated rings. The van der Waals surface area contributed by atoms with Crippen molar-refractivity contribution in [2.24, 2.45) is 0 Å². The van der Waals surface area contributed by atoms with Crippen molar-refractivity contribution in [2.45, 2.75) is 6.10 Å². The Morgan fingerprint density at radius 1 is 1.62 bits per heavy atom. The molecule has 1 aromatic rings. The number of aliphatic hydroxyl groups excluding tert-OH is 1. The van der Waals surface area contributed by atoms with E-state index >= 15 is 0 Å². The molecule has 72 valence electrons. The van der Waals surface area contributed by atoms with Crippen molar-refractivity contribution in [2.75, 3.05) is 13.7 Å². The molecule has 1 aromatic carbocycles. The Hall–Kier alpha value is -0.640. The maximum atomic E-state index is 12.9. The molecule has 0 aliphatic heterocycles. The van der Waals surface area contributed by atoms with Gasteiger partial charge in [0, 0.05) is 7.11 Å². The molecule has 0 saturated heterocycles. The van der Waals surface area contributed by atoms with Gasteiger partial charge in [-0.3, -0.25) is 0 Å². The van der Waals surface area contributed by atoms with Gasteiger partial charge in [-0.25, -0.2) is 4.39 Å². The van der Waals surface area contributed by atoms with Crippen molar-refractivity contribution in [3.8, 4) is 0 Å². The van der Waals surface area contributed by atoms with Gasteiger partial charge in [-0.15, -0.1) is 0 Å². The molecule has 1 atom stereocenters. The van der Waals surface area contributed by atoms with Crippen molar-refractivity contribution in [3.63, 3.8) is 0 Å². The van der Waals surface area contributed by atoms with E-state index < -0.39 is 11.9 Å². The van der Waals surface area contributed by atoms with Crippen molar-refractivity contribution in [1.82, 2.24) is 0 Å². The van der Waals surface area contributed by atoms with E-state index in [1.54, 1.807) is 6.07 Å². The maximum Gasteiger partial charge on any atom is 0.142 e. The zero-order valence-corrected chi connectivity index (χ0v) is 7.88. The largest absolute Gasteiger partial charge is 0.386 e. The highest BCUT2D eigenvalue weighted by atomic mass is 35.5. The molecule has 0 bridgehead atoms. The maximum absolute atomic E-state index is 12.9. The van der Waals surface area contributed by atoms with E-state index in [1.807, 2.05) is 0 Å². The first-order valence-corrected chi connectivity index (χ1v) is 4.15. The quantitative estimate of drug-likeness (QED) is 0.818. The van der Waals surface area contributed by atoms with E-state index in [-0.39, 0.29) is 11.6 Å². The summed E-state index contributed by atoms with van der Waals surface area (Å²) in [6.45, 7) is 0.140. The zero-order valence-electron chi connectivity index (χ0n) is 7.13. The van der Waals surface area contributed by atoms with Crippen molar-refractivity contribution in [1.29, 1.82) is 0 Å². The van der Waals surface area contributed by atoms with Gasteiger partial charge in [0.25, 0.3) is 0 Å². The van der Waals surface area contributed by atoms with Crippen molar-refractivity contribution >= 4 is 11.6 Å². The van der Waals surface area contributed by atoms with Gasteiger partial charge in [0.05, 0.1) is 11.6 Å². The van der Waals surface area contributed by atoms with Crippen LogP contribution >= 0.6 is 11.6 Å². The second kappa shape index (κ2) is 4.56. The number of methoxy groups -OCH3 is 1. The van der Waals surface area contributed by atoms with Crippen LogP contribution in [0.25, 0.3) is 0 Å². The smallest absolute Gasteiger partial charge is 0.142 e. The van der Waals surface area contributed by atoms with Crippen LogP contribution in [0.15, 0.2) is 18.2 Å². The Morgan fingerprint density at radius 2 is 2.31 bits per heavy atom. The van der Waals surface area contributed by atoms with Crippen LogP contribution in [0.5, 0.6) is 0 Å². The molecular formula is C9H10ClFO2. The fraction of sp³-hybridized carbons (Fsp3) is 0.333. The molecule has 1 unspecified atom stereocenters. The van der Waals surface area contributed by atoms with E-state index in [9.17, 15) is 9.50 Å². The van der Waals surface area contributed by atoms with Gasteiger partial charge in [0.1, 0.15) is 11.9 Å². The summed E-state index contributed by atoms with van der Waals surface area (Å²) in [5, 5.41) is 9.45. The van der Waals surface area contributed by atoms with Crippen LogP contribution in [0.2, 0.25) is 5.02 Å². The molecule has 0 radical (unpaired) electrons. The Morgan fingerprint density at radius 3 is 2.85 bits per heavy atom. The third-order valence-corrected chi connectivity index (χ3v) is 1.96. The Kier molecular flexibility index (Phi) is 3.66. The average molecular weight is 205 g/mol. The first kappa shape index (κ1) is 10.4. The highest BCUT2D eigenvalue weighted by Crippen LogP contribution is 2.20. The number of rotatable bonds is 3. The second-order valence-corrected chi connectivity index (χ2v) is 3.05. The van der Waals surface area contributed by atoms with Crippen LogP contribution in [0.1, 0.15) is 11.7 Å². The summed E-state index contributed by atoms with van der Waals surface area (Å²) in [7, 11) is 1.47. The molecule has 0 saturated carbocycles. The Bertz CT molecular complexity index is 291. The molecule has 0 aliphatic carbocycles. The number of hydrogen-bond acceptors (Lipinski definition) is 2. The standard InChI is InChI=1S/C9H10ClFO2/c1-13-5-9(12)6-2-3-7(10)8(11)4-6/h2-4,9,12H,5H2,1H3. The first-order chi connectivity index (χ1) is 6.15. The lowest BCUT2D eigenvalue weighted by molar-refractivity contribution is 0.0642. The number of aliphatic hydroxyl groups is 1. The third kappa shape index (κ3) is 2.66. The van der Waals surface area contributed by atoms with Crippen molar-refractivity contribution < 1.29 is 14.2 Å². The summed E-state index contributed by atoms with van der Waals surface area (Å²) in [5.41, 5.74) is 0.462. The predicted octanol–water partition coefficient (Wildman–Crippen LogP) is 2.16. The molecule has 0 heterocycles. The summed E-state index contributed by atoms with van der Waals surface area (Å²) in [4.78, 5) is 0. The lowest BCUT2D eigenvalue weighted by Gasteiger charge is -2.09. The molecule has 4 heteroatoms. The number of benzene rings is 1. The molecule has 1 N–H and O–H groups in total. The van der Waals surface area contributed by atoms with Crippen LogP contribution in [0.3, 0.4) is 0 Å². The molecule has 13 heavy (non-hydrogen) atoms. The van der Waals surface area contributed by atoms with E-state index in [0.717, 1.165) is 0 Å². The third-order valence-electron chi connectivity index (χ3n) is 1.65. The monoisotopic (exact) mass is 204 g/mol. The second-order valence-electron chi connectivity index (χ2n) is 2.64. The topological polar surface area (TPSA) is 29.5 Å². The van der Waals surface area contributed by atoms with Gasteiger partial charge in [-0.2, -0.15) is 0 Å². The van der Waals surface area contributed by atoms with Gasteiger partial charge >= 0.3 is 0 Å².